The number of aliphatic hydroxyl groups excluding tert-OH is 1. The Labute approximate surface area is 62.4 Å². The Bertz CT molecular complexity index is 127. The Kier molecular flexibility index (Phi) is 5.79. The van der Waals surface area contributed by atoms with Crippen molar-refractivity contribution >= 4 is 0 Å². The first-order chi connectivity index (χ1) is 4.89. The molecule has 0 aromatic rings. The van der Waals surface area contributed by atoms with E-state index in [0.29, 0.717) is 5.92 Å². The molecule has 1 aliphatic carbocycles. The second-order valence-corrected chi connectivity index (χ2v) is 2.01. The molecule has 0 atom stereocenters. The largest absolute Gasteiger partial charge is 0.400 e. The first kappa shape index (κ1) is 9.18. The summed E-state index contributed by atoms with van der Waals surface area (Å²) in [5.74, 6) is 0.602. The first-order valence-electron chi connectivity index (χ1n) is 3.36. The van der Waals surface area contributed by atoms with E-state index in [1.807, 2.05) is 12.2 Å². The average Bonchev–Trinajstić information content (AvgIpc) is 2.21. The molecule has 0 aliphatic heterocycles. The van der Waals surface area contributed by atoms with E-state index >= 15 is 0 Å². The molecule has 0 unspecified atom stereocenters. The molecule has 1 N–H and O–H groups in total. The molecule has 0 saturated carbocycles. The summed E-state index contributed by atoms with van der Waals surface area (Å²) in [6.45, 7) is 2.17. The summed E-state index contributed by atoms with van der Waals surface area (Å²) in [6, 6.07) is 0. The van der Waals surface area contributed by atoms with Gasteiger partial charge in [-0.05, 0) is 5.92 Å². The minimum atomic E-state index is 0.602. The van der Waals surface area contributed by atoms with Gasteiger partial charge in [0.25, 0.3) is 0 Å². The molecule has 1 aliphatic rings. The quantitative estimate of drug-likeness (QED) is 0.542. The minimum absolute atomic E-state index is 0.602. The Hall–Kier alpha value is -0.820. The van der Waals surface area contributed by atoms with Crippen LogP contribution < -0.4 is 0 Å². The predicted molar refractivity (Wildman–Crippen MR) is 44.7 cm³/mol. The molecule has 0 amide bonds. The molecular weight excluding hydrogens is 124 g/mol. The normalized spacial score (nSPS) is 15.9. The molecule has 0 saturated heterocycles. The molecule has 56 valence electrons. The highest BCUT2D eigenvalue weighted by Gasteiger charge is 1.86. The van der Waals surface area contributed by atoms with Crippen LogP contribution in [0.5, 0.6) is 0 Å². The highest BCUT2D eigenvalue weighted by atomic mass is 16.2. The lowest BCUT2D eigenvalue weighted by molar-refractivity contribution is 0.399. The van der Waals surface area contributed by atoms with E-state index in [9.17, 15) is 0 Å². The van der Waals surface area contributed by atoms with Crippen LogP contribution in [0, 0.1) is 5.92 Å². The van der Waals surface area contributed by atoms with E-state index < -0.39 is 0 Å². The van der Waals surface area contributed by atoms with Crippen LogP contribution >= 0.6 is 0 Å². The summed E-state index contributed by atoms with van der Waals surface area (Å²) in [5, 5.41) is 7.00. The Morgan fingerprint density at radius 2 is 1.30 bits per heavy atom. The van der Waals surface area contributed by atoms with Crippen LogP contribution in [-0.2, 0) is 0 Å². The highest BCUT2D eigenvalue weighted by molar-refractivity contribution is 5.18. The molecule has 1 rings (SSSR count). The molecule has 0 aromatic heterocycles. The molecule has 0 radical (unpaired) electrons. The SMILES string of the molecule is CC1C=CC=CC=C1.CO. The van der Waals surface area contributed by atoms with Crippen molar-refractivity contribution in [1.82, 2.24) is 0 Å². The summed E-state index contributed by atoms with van der Waals surface area (Å²) >= 11 is 0. The summed E-state index contributed by atoms with van der Waals surface area (Å²) in [6.07, 6.45) is 12.6. The van der Waals surface area contributed by atoms with Gasteiger partial charge in [-0.15, -0.1) is 0 Å². The van der Waals surface area contributed by atoms with Crippen molar-refractivity contribution in [3.05, 3.63) is 36.5 Å². The zero-order valence-electron chi connectivity index (χ0n) is 6.49. The van der Waals surface area contributed by atoms with E-state index in [0.717, 1.165) is 7.11 Å². The van der Waals surface area contributed by atoms with Crippen LogP contribution in [-0.4, -0.2) is 12.2 Å². The third kappa shape index (κ3) is 4.10. The van der Waals surface area contributed by atoms with Crippen molar-refractivity contribution in [2.75, 3.05) is 7.11 Å². The highest BCUT2D eigenvalue weighted by Crippen LogP contribution is 2.02. The third-order valence-corrected chi connectivity index (χ3v) is 1.16. The molecule has 1 heteroatoms. The van der Waals surface area contributed by atoms with Gasteiger partial charge >= 0.3 is 0 Å². The van der Waals surface area contributed by atoms with Crippen molar-refractivity contribution in [2.24, 2.45) is 5.92 Å². The van der Waals surface area contributed by atoms with Crippen molar-refractivity contribution < 1.29 is 5.11 Å². The zero-order chi connectivity index (χ0) is 7.82. The lowest BCUT2D eigenvalue weighted by Gasteiger charge is -1.90. The van der Waals surface area contributed by atoms with E-state index in [2.05, 4.69) is 31.2 Å². The van der Waals surface area contributed by atoms with Crippen LogP contribution in [0.15, 0.2) is 36.5 Å². The van der Waals surface area contributed by atoms with E-state index in [1.165, 1.54) is 0 Å². The lowest BCUT2D eigenvalue weighted by Crippen LogP contribution is -1.77. The maximum atomic E-state index is 7.00. The number of hydrogen-bond acceptors (Lipinski definition) is 1. The van der Waals surface area contributed by atoms with Gasteiger partial charge in [-0.3, -0.25) is 0 Å². The third-order valence-electron chi connectivity index (χ3n) is 1.16. The van der Waals surface area contributed by atoms with Gasteiger partial charge in [0.15, 0.2) is 0 Å². The Balaban J connectivity index is 0.000000371. The van der Waals surface area contributed by atoms with E-state index in [4.69, 9.17) is 5.11 Å². The fourth-order valence-electron chi connectivity index (χ4n) is 0.671. The van der Waals surface area contributed by atoms with Gasteiger partial charge in [-0.2, -0.15) is 0 Å². The van der Waals surface area contributed by atoms with Gasteiger partial charge < -0.3 is 5.11 Å². The molecule has 1 nitrogen and oxygen atoms in total. The Morgan fingerprint density at radius 1 is 0.900 bits per heavy atom. The molecule has 0 bridgehead atoms. The van der Waals surface area contributed by atoms with Gasteiger partial charge in [0.1, 0.15) is 0 Å². The predicted octanol–water partition coefficient (Wildman–Crippen LogP) is 1.91. The van der Waals surface area contributed by atoms with Crippen molar-refractivity contribution in [1.29, 1.82) is 0 Å². The van der Waals surface area contributed by atoms with Gasteiger partial charge in [0.2, 0.25) is 0 Å². The number of rotatable bonds is 0. The van der Waals surface area contributed by atoms with Crippen LogP contribution in [0.3, 0.4) is 0 Å². The molecular formula is C9H14O. The number of aliphatic hydroxyl groups is 1. The monoisotopic (exact) mass is 138 g/mol. The smallest absolute Gasteiger partial charge is 0.0319 e. The number of hydrogen-bond donors (Lipinski definition) is 1. The molecule has 10 heavy (non-hydrogen) atoms. The second kappa shape index (κ2) is 6.30. The Morgan fingerprint density at radius 3 is 1.70 bits per heavy atom. The van der Waals surface area contributed by atoms with Crippen LogP contribution in [0.1, 0.15) is 6.92 Å². The topological polar surface area (TPSA) is 20.2 Å². The van der Waals surface area contributed by atoms with Gasteiger partial charge in [-0.1, -0.05) is 43.4 Å². The van der Waals surface area contributed by atoms with Crippen LogP contribution in [0.4, 0.5) is 0 Å². The average molecular weight is 138 g/mol. The van der Waals surface area contributed by atoms with Gasteiger partial charge in [0.05, 0.1) is 0 Å². The standard InChI is InChI=1S/C8H10.CH4O/c1-8-6-4-2-3-5-7-8;1-2/h2-8H,1H3;2H,1H3. The summed E-state index contributed by atoms with van der Waals surface area (Å²) in [4.78, 5) is 0. The fourth-order valence-corrected chi connectivity index (χ4v) is 0.671. The van der Waals surface area contributed by atoms with Gasteiger partial charge in [-0.25, -0.2) is 0 Å². The van der Waals surface area contributed by atoms with E-state index in [-0.39, 0.29) is 0 Å². The molecule has 0 heterocycles. The fraction of sp³-hybridized carbons (Fsp3) is 0.333. The molecule has 0 aromatic carbocycles. The lowest BCUT2D eigenvalue weighted by atomic mass is 10.2. The molecule has 0 spiro atoms. The van der Waals surface area contributed by atoms with E-state index in [1.54, 1.807) is 0 Å². The second-order valence-electron chi connectivity index (χ2n) is 2.01. The maximum Gasteiger partial charge on any atom is 0.0319 e. The van der Waals surface area contributed by atoms with Crippen molar-refractivity contribution in [3.63, 3.8) is 0 Å². The minimum Gasteiger partial charge on any atom is -0.400 e. The summed E-state index contributed by atoms with van der Waals surface area (Å²) in [5.41, 5.74) is 0. The zero-order valence-corrected chi connectivity index (χ0v) is 6.49. The molecule has 0 fully saturated rings. The van der Waals surface area contributed by atoms with Crippen molar-refractivity contribution in [2.45, 2.75) is 6.92 Å². The first-order valence-corrected chi connectivity index (χ1v) is 3.36. The number of allylic oxidation sites excluding steroid dienone is 6. The summed E-state index contributed by atoms with van der Waals surface area (Å²) < 4.78 is 0. The van der Waals surface area contributed by atoms with Gasteiger partial charge in [0, 0.05) is 7.11 Å². The maximum absolute atomic E-state index is 7.00. The van der Waals surface area contributed by atoms with Crippen LogP contribution in [0.25, 0.3) is 0 Å². The van der Waals surface area contributed by atoms with Crippen molar-refractivity contribution in [3.8, 4) is 0 Å². The van der Waals surface area contributed by atoms with Crippen LogP contribution in [0.2, 0.25) is 0 Å². The summed E-state index contributed by atoms with van der Waals surface area (Å²) in [7, 11) is 1.00.